The third-order valence-electron chi connectivity index (χ3n) is 20.5. The molecule has 2 aliphatic rings. The molecule has 5 atom stereocenters. The molecule has 0 spiro atoms. The maximum absolute atomic E-state index is 13.7. The molecule has 32 heteroatoms. The van der Waals surface area contributed by atoms with Crippen molar-refractivity contribution in [3.05, 3.63) is 166 Å². The van der Waals surface area contributed by atoms with E-state index in [-0.39, 0.29) is 67.6 Å². The molecular weight excluding hydrogens is 1610 g/mol. The molecule has 2 unspecified atom stereocenters. The second-order valence-electron chi connectivity index (χ2n) is 32.0. The number of rotatable bonds is 44. The zero-order valence-electron chi connectivity index (χ0n) is 74.2. The predicted octanol–water partition coefficient (Wildman–Crippen LogP) is 15.2. The molecule has 2 fully saturated rings. The van der Waals surface area contributed by atoms with Gasteiger partial charge in [-0.25, -0.2) is 24.5 Å². The van der Waals surface area contributed by atoms with E-state index in [0.717, 1.165) is 110 Å². The summed E-state index contributed by atoms with van der Waals surface area (Å²) < 4.78 is 40.6. The molecule has 31 nitrogen and oxygen atoms in total. The number of hydrogen-bond donors (Lipinski definition) is 12. The smallest absolute Gasteiger partial charge is 0.417 e. The highest BCUT2D eigenvalue weighted by molar-refractivity contribution is 7.17. The van der Waals surface area contributed by atoms with Crippen molar-refractivity contribution in [2.24, 2.45) is 46.4 Å². The lowest BCUT2D eigenvalue weighted by molar-refractivity contribution is -0.183. The molecule has 686 valence electrons. The van der Waals surface area contributed by atoms with Crippen molar-refractivity contribution >= 4 is 75.6 Å². The van der Waals surface area contributed by atoms with E-state index in [4.69, 9.17) is 79.0 Å². The van der Waals surface area contributed by atoms with Gasteiger partial charge in [-0.3, -0.25) is 34.7 Å². The predicted molar refractivity (Wildman–Crippen MR) is 496 cm³/mol. The Morgan fingerprint density at radius 1 is 0.560 bits per heavy atom. The van der Waals surface area contributed by atoms with E-state index in [0.29, 0.717) is 173 Å². The number of carbonyl (C=O) groups excluding carboxylic acids is 6. The molecule has 2 aliphatic heterocycles. The number of nitrogen functional groups attached to an aromatic ring is 3. The summed E-state index contributed by atoms with van der Waals surface area (Å²) in [5.74, 6) is 3.37. The maximum Gasteiger partial charge on any atom is 0.417 e. The lowest BCUT2D eigenvalue weighted by Crippen LogP contribution is -2.73. The van der Waals surface area contributed by atoms with Gasteiger partial charge in [0.05, 0.1) is 61.3 Å². The SMILES string of the molecule is C.CCCCCC(=O)N1C[C@@H]2N(C(=O)CCCCN)C[C@@H](CCCCN)C(=O)N2[C@H](CC(C)C)C1=O.CCc1ccc(NC(=O)Oc2cc(CC(C)C)cc(Oc3sc(N)nc3CCN)c2)cc1.CCc1ccc(OCCOC(CCCN)c2cnc(N)[nH]2)cc1.Cc1ccc(NC(=O)Oc2cc(OCCOC(CCN)c3cnc(N)[nH]3)cc(C(C)C)c2)cc1. The highest BCUT2D eigenvalue weighted by atomic mass is 32.1. The molecule has 2 saturated heterocycles. The molecule has 5 heterocycles. The number of nitrogens with two attached hydrogens (primary N) is 8. The fraction of sp³-hybridized carbons (Fsp3) is 0.516. The lowest BCUT2D eigenvalue weighted by Gasteiger charge is -2.54. The quantitative estimate of drug-likeness (QED) is 0.0158. The number of piperazine rings is 1. The molecule has 20 N–H and O–H groups in total. The number of hydrogen-bond acceptors (Lipinski definition) is 25. The molecule has 125 heavy (non-hydrogen) atoms. The minimum Gasteiger partial charge on any atom is -0.491 e. The number of carbonyl (C=O) groups is 6. The zero-order chi connectivity index (χ0) is 90.0. The van der Waals surface area contributed by atoms with Crippen LogP contribution in [0.3, 0.4) is 0 Å². The van der Waals surface area contributed by atoms with Crippen LogP contribution in [0, 0.1) is 24.7 Å². The third-order valence-corrected chi connectivity index (χ3v) is 21.3. The molecule has 0 bridgehead atoms. The summed E-state index contributed by atoms with van der Waals surface area (Å²) in [7, 11) is 0. The number of imidazole rings is 2. The highest BCUT2D eigenvalue weighted by Crippen LogP contribution is 2.38. The Bertz CT molecular complexity index is 4520. The maximum atomic E-state index is 13.7. The average Bonchev–Trinajstić information content (AvgIpc) is 1.46. The van der Waals surface area contributed by atoms with Crippen molar-refractivity contribution < 1.29 is 61.9 Å². The second-order valence-corrected chi connectivity index (χ2v) is 33.0. The summed E-state index contributed by atoms with van der Waals surface area (Å²) in [6.07, 6.45) is 14.4. The second kappa shape index (κ2) is 54.9. The fourth-order valence-electron chi connectivity index (χ4n) is 14.0. The molecule has 0 saturated carbocycles. The molecule has 8 aromatic rings. The van der Waals surface area contributed by atoms with Crippen molar-refractivity contribution in [1.29, 1.82) is 0 Å². The van der Waals surface area contributed by atoms with E-state index in [2.05, 4.69) is 96.2 Å². The van der Waals surface area contributed by atoms with Gasteiger partial charge in [0.15, 0.2) is 17.0 Å². The van der Waals surface area contributed by atoms with Crippen LogP contribution in [-0.2, 0) is 54.3 Å². The van der Waals surface area contributed by atoms with Crippen LogP contribution >= 0.6 is 11.3 Å². The number of thiazole rings is 1. The van der Waals surface area contributed by atoms with Gasteiger partial charge in [0.2, 0.25) is 22.8 Å². The number of aromatic nitrogens is 5. The first kappa shape index (κ1) is 103. The van der Waals surface area contributed by atoms with E-state index in [1.807, 2.05) is 106 Å². The number of unbranched alkanes of at least 4 members (excludes halogenated alkanes) is 4. The third kappa shape index (κ3) is 35.0. The Kier molecular flexibility index (Phi) is 45.3. The van der Waals surface area contributed by atoms with Crippen LogP contribution in [-0.4, -0.2) is 160 Å². The van der Waals surface area contributed by atoms with Crippen LogP contribution < -0.4 is 80.2 Å². The number of nitrogens with zero attached hydrogens (tertiary/aromatic N) is 6. The van der Waals surface area contributed by atoms with E-state index < -0.39 is 24.4 Å². The van der Waals surface area contributed by atoms with E-state index in [9.17, 15) is 28.8 Å². The van der Waals surface area contributed by atoms with Crippen molar-refractivity contribution in [2.45, 2.75) is 223 Å². The molecule has 0 radical (unpaired) electrons. The van der Waals surface area contributed by atoms with Crippen molar-refractivity contribution in [1.82, 2.24) is 39.6 Å². The topological polar surface area (TPSA) is 479 Å². The molecule has 6 amide bonds. The van der Waals surface area contributed by atoms with Gasteiger partial charge in [0.25, 0.3) is 5.91 Å². The summed E-state index contributed by atoms with van der Waals surface area (Å²) in [4.78, 5) is 102. The number of imide groups is 1. The number of benzene rings is 5. The molecule has 3 aromatic heterocycles. The van der Waals surface area contributed by atoms with Crippen molar-refractivity contribution in [2.75, 3.05) is 100 Å². The number of ether oxygens (including phenoxy) is 7. The summed E-state index contributed by atoms with van der Waals surface area (Å²) in [5, 5.41) is 6.51. The van der Waals surface area contributed by atoms with E-state index in [1.165, 1.54) is 27.4 Å². The number of fused-ring (bicyclic) bond motifs is 1. The van der Waals surface area contributed by atoms with Gasteiger partial charge in [-0.1, -0.05) is 142 Å². The summed E-state index contributed by atoms with van der Waals surface area (Å²) in [6, 6.07) is 33.5. The van der Waals surface area contributed by atoms with E-state index >= 15 is 0 Å². The van der Waals surface area contributed by atoms with Gasteiger partial charge < -0.3 is 98.8 Å². The first-order valence-electron chi connectivity index (χ1n) is 43.7. The normalized spacial score (nSPS) is 14.6. The molecule has 0 aliphatic carbocycles. The minimum atomic E-state index is -0.729. The average molecular weight is 1750 g/mol. The monoisotopic (exact) mass is 1750 g/mol. The van der Waals surface area contributed by atoms with Crippen LogP contribution in [0.4, 0.5) is 38.0 Å². The number of aromatic amines is 2. The minimum absolute atomic E-state index is 0. The van der Waals surface area contributed by atoms with Gasteiger partial charge in [-0.2, -0.15) is 0 Å². The number of aryl methyl sites for hydroxylation is 3. The summed E-state index contributed by atoms with van der Waals surface area (Å²) in [6.45, 7) is 25.3. The Hall–Kier alpha value is -10.7. The standard InChI is InChI=1S/C26H47N5O4.C25H33N5O4.C24H30N4O3S.C17H26N4O2.CH4/c1-4-5-6-12-24(33)30-18-22-29(23(32)13-8-10-15-28)17-20(11-7-9-14-27)25(34)31(22)21(26(30)35)16-19(2)3;1-16(2)18-12-20(32-10-11-33-23(8-9-26)22-15-28-24(27)30-22)14-21(13-18)34-25(31)29-19-6-4-17(3)5-7-19;1-4-16-5-7-18(8-6-16)27-24(29)31-20-13-17(11-15(2)3)12-19(14-20)30-22-21(9-10-25)28-23(26)32-22;1-2-13-5-7-14(8-6-13)22-10-11-23-16(4-3-9-18)15-12-20-17(19)21-15;/h19-22H,4-18,27-28H2,1-3H3;4-7,12-16,23H,8-11,26H2,1-3H3,(H,29,31)(H3,27,28,30);5-8,12-15H,4,9-11,25H2,1-3H3,(H2,26,28)(H,27,29);5-8,12,16H,2-4,9-11,18H2,1H3,(H3,19,20,21);1H4/t20-,21-,22-;;;;/m1..../s1. The Balaban J connectivity index is 0.000000259. The Morgan fingerprint density at radius 2 is 1.10 bits per heavy atom. The van der Waals surface area contributed by atoms with Crippen LogP contribution in [0.2, 0.25) is 0 Å². The highest BCUT2D eigenvalue weighted by Gasteiger charge is 2.52. The van der Waals surface area contributed by atoms with Gasteiger partial charge in [0.1, 0.15) is 60.3 Å². The van der Waals surface area contributed by atoms with Crippen LogP contribution in [0.15, 0.2) is 122 Å². The molecular formula is C93H140N18O13S. The number of nitrogens with one attached hydrogen (secondary N) is 4. The fourth-order valence-corrected chi connectivity index (χ4v) is 14.8. The number of amides is 6. The van der Waals surface area contributed by atoms with Crippen molar-refractivity contribution in [3.63, 3.8) is 0 Å². The number of H-pyrrole nitrogens is 2. The van der Waals surface area contributed by atoms with Crippen LogP contribution in [0.25, 0.3) is 0 Å². The molecule has 5 aromatic carbocycles. The Labute approximate surface area is 742 Å². The first-order chi connectivity index (χ1) is 59.7. The van der Waals surface area contributed by atoms with Gasteiger partial charge >= 0.3 is 12.2 Å². The van der Waals surface area contributed by atoms with Crippen molar-refractivity contribution in [3.8, 4) is 33.8 Å². The van der Waals surface area contributed by atoms with Crippen LogP contribution in [0.1, 0.15) is 223 Å². The van der Waals surface area contributed by atoms with Crippen LogP contribution in [0.5, 0.6) is 33.8 Å². The number of anilines is 5. The van der Waals surface area contributed by atoms with Gasteiger partial charge in [0, 0.05) is 49.3 Å². The summed E-state index contributed by atoms with van der Waals surface area (Å²) in [5.41, 5.74) is 54.7. The largest absolute Gasteiger partial charge is 0.491 e. The zero-order valence-corrected chi connectivity index (χ0v) is 75.0. The lowest BCUT2D eigenvalue weighted by atomic mass is 9.90. The Morgan fingerprint density at radius 3 is 1.64 bits per heavy atom. The molecule has 10 rings (SSSR count). The summed E-state index contributed by atoms with van der Waals surface area (Å²) >= 11 is 1.26. The van der Waals surface area contributed by atoms with Gasteiger partial charge in [-0.05, 0) is 217 Å². The van der Waals surface area contributed by atoms with Gasteiger partial charge in [-0.15, -0.1) is 0 Å². The first-order valence-corrected chi connectivity index (χ1v) is 44.5. The van der Waals surface area contributed by atoms with E-state index in [1.54, 1.807) is 34.3 Å².